The number of β-amino-alcohol motifs (C(OH)–C–C–N with tert-alkyl or cyclic N) is 1. The number of nitrogens with one attached hydrogen (secondary N) is 1. The second-order valence-electron chi connectivity index (χ2n) is 10.8. The Kier molecular flexibility index (Phi) is 5.50. The predicted molar refractivity (Wildman–Crippen MR) is 144 cm³/mol. The number of pyridine rings is 1. The molecule has 2 aromatic carbocycles. The largest absolute Gasteiger partial charge is 0.493 e. The number of likely N-dealkylation sites (tertiary alicyclic amines) is 1. The SMILES string of the molecule is COc1cc(-c2cc3[nH]c4ccc(C5CCN(CC(C)(C)O)CC5)cc4c3cc2C)cn2ncnc12. The van der Waals surface area contributed by atoms with Gasteiger partial charge in [0.25, 0.3) is 0 Å². The molecule has 7 nitrogen and oxygen atoms in total. The molecule has 1 aliphatic heterocycles. The number of rotatable bonds is 5. The number of aromatic amines is 1. The molecule has 36 heavy (non-hydrogen) atoms. The molecule has 0 bridgehead atoms. The highest BCUT2D eigenvalue weighted by molar-refractivity contribution is 6.09. The molecule has 6 rings (SSSR count). The second kappa shape index (κ2) is 8.61. The Morgan fingerprint density at radius 3 is 2.61 bits per heavy atom. The average Bonchev–Trinajstić information content (AvgIpc) is 3.46. The lowest BCUT2D eigenvalue weighted by Gasteiger charge is -2.35. The van der Waals surface area contributed by atoms with Crippen molar-refractivity contribution in [2.45, 2.75) is 45.1 Å². The lowest BCUT2D eigenvalue weighted by atomic mass is 9.88. The topological polar surface area (TPSA) is 78.7 Å². The number of piperidine rings is 1. The normalized spacial score (nSPS) is 15.9. The highest BCUT2D eigenvalue weighted by atomic mass is 16.5. The Bertz CT molecular complexity index is 1570. The Morgan fingerprint density at radius 1 is 1.08 bits per heavy atom. The van der Waals surface area contributed by atoms with E-state index < -0.39 is 5.60 Å². The number of methoxy groups -OCH3 is 1. The summed E-state index contributed by atoms with van der Waals surface area (Å²) in [6, 6.07) is 13.4. The zero-order valence-corrected chi connectivity index (χ0v) is 21.4. The molecule has 2 N–H and O–H groups in total. The van der Waals surface area contributed by atoms with Gasteiger partial charge in [-0.15, -0.1) is 0 Å². The minimum atomic E-state index is -0.640. The summed E-state index contributed by atoms with van der Waals surface area (Å²) in [7, 11) is 1.66. The number of aromatic nitrogens is 4. The van der Waals surface area contributed by atoms with Crippen molar-refractivity contribution in [3.8, 4) is 16.9 Å². The van der Waals surface area contributed by atoms with E-state index >= 15 is 0 Å². The van der Waals surface area contributed by atoms with Gasteiger partial charge < -0.3 is 19.7 Å². The molecule has 3 aromatic heterocycles. The number of hydrogen-bond acceptors (Lipinski definition) is 5. The summed E-state index contributed by atoms with van der Waals surface area (Å²) in [6.07, 6.45) is 5.80. The van der Waals surface area contributed by atoms with E-state index in [0.717, 1.165) is 54.6 Å². The van der Waals surface area contributed by atoms with Crippen molar-refractivity contribution >= 4 is 27.5 Å². The number of nitrogens with zero attached hydrogens (tertiary/aromatic N) is 4. The van der Waals surface area contributed by atoms with Crippen molar-refractivity contribution in [2.75, 3.05) is 26.7 Å². The molecule has 0 amide bonds. The van der Waals surface area contributed by atoms with Crippen LogP contribution in [0.3, 0.4) is 0 Å². The fraction of sp³-hybridized carbons (Fsp3) is 0.379. The number of hydrogen-bond donors (Lipinski definition) is 2. The molecule has 0 saturated carbocycles. The fourth-order valence-corrected chi connectivity index (χ4v) is 5.80. The Labute approximate surface area is 210 Å². The molecule has 1 fully saturated rings. The molecular weight excluding hydrogens is 450 g/mol. The summed E-state index contributed by atoms with van der Waals surface area (Å²) < 4.78 is 7.34. The molecule has 0 spiro atoms. The quantitative estimate of drug-likeness (QED) is 0.355. The van der Waals surface area contributed by atoms with Gasteiger partial charge in [0.15, 0.2) is 11.4 Å². The van der Waals surface area contributed by atoms with E-state index in [1.165, 1.54) is 21.9 Å². The highest BCUT2D eigenvalue weighted by Gasteiger charge is 2.25. The third kappa shape index (κ3) is 4.12. The van der Waals surface area contributed by atoms with Crippen molar-refractivity contribution in [3.05, 3.63) is 60.0 Å². The van der Waals surface area contributed by atoms with Gasteiger partial charge >= 0.3 is 0 Å². The van der Waals surface area contributed by atoms with E-state index in [1.807, 2.05) is 26.1 Å². The van der Waals surface area contributed by atoms with Gasteiger partial charge in [0.05, 0.1) is 12.7 Å². The molecule has 0 aliphatic carbocycles. The van der Waals surface area contributed by atoms with E-state index in [2.05, 4.69) is 57.2 Å². The van der Waals surface area contributed by atoms with Crippen molar-refractivity contribution in [1.82, 2.24) is 24.5 Å². The number of H-pyrrole nitrogens is 1. The highest BCUT2D eigenvalue weighted by Crippen LogP contribution is 2.37. The number of aliphatic hydroxyl groups is 1. The van der Waals surface area contributed by atoms with E-state index in [4.69, 9.17) is 4.74 Å². The maximum atomic E-state index is 10.2. The summed E-state index contributed by atoms with van der Waals surface area (Å²) >= 11 is 0. The van der Waals surface area contributed by atoms with Crippen molar-refractivity contribution in [1.29, 1.82) is 0 Å². The van der Waals surface area contributed by atoms with Gasteiger partial charge in [-0.3, -0.25) is 0 Å². The zero-order valence-electron chi connectivity index (χ0n) is 21.4. The molecule has 7 heteroatoms. The molecule has 1 aliphatic rings. The van der Waals surface area contributed by atoms with E-state index in [1.54, 1.807) is 18.0 Å². The van der Waals surface area contributed by atoms with Gasteiger partial charge in [0, 0.05) is 40.1 Å². The summed E-state index contributed by atoms with van der Waals surface area (Å²) in [5.41, 5.74) is 7.16. The first-order chi connectivity index (χ1) is 17.3. The summed E-state index contributed by atoms with van der Waals surface area (Å²) in [5.74, 6) is 1.26. The van der Waals surface area contributed by atoms with Crippen LogP contribution in [-0.4, -0.2) is 61.9 Å². The third-order valence-corrected chi connectivity index (χ3v) is 7.51. The smallest absolute Gasteiger partial charge is 0.197 e. The standard InChI is InChI=1S/C29H33N5O2/c1-18-11-23-24-12-20(19-7-9-33(10-8-19)16-29(2,3)35)5-6-25(24)32-26(23)14-22(18)21-13-27(36-4)28-30-17-31-34(28)15-21/h5-6,11-15,17,19,32,35H,7-10,16H2,1-4H3. The van der Waals surface area contributed by atoms with Gasteiger partial charge in [0.2, 0.25) is 0 Å². The summed E-state index contributed by atoms with van der Waals surface area (Å²) in [5, 5.41) is 17.0. The monoisotopic (exact) mass is 483 g/mol. The van der Waals surface area contributed by atoms with Crippen LogP contribution in [0.2, 0.25) is 0 Å². The minimum Gasteiger partial charge on any atom is -0.493 e. The van der Waals surface area contributed by atoms with Gasteiger partial charge in [-0.2, -0.15) is 5.10 Å². The molecule has 186 valence electrons. The average molecular weight is 484 g/mol. The van der Waals surface area contributed by atoms with Crippen LogP contribution < -0.4 is 4.74 Å². The maximum absolute atomic E-state index is 10.2. The number of ether oxygens (including phenoxy) is 1. The van der Waals surface area contributed by atoms with Crippen LogP contribution in [-0.2, 0) is 0 Å². The van der Waals surface area contributed by atoms with Gasteiger partial charge in [-0.1, -0.05) is 6.07 Å². The Balaban J connectivity index is 1.34. The van der Waals surface area contributed by atoms with Crippen LogP contribution in [0.25, 0.3) is 38.6 Å². The van der Waals surface area contributed by atoms with Crippen LogP contribution in [0.1, 0.15) is 43.7 Å². The molecule has 5 aromatic rings. The van der Waals surface area contributed by atoms with E-state index in [-0.39, 0.29) is 0 Å². The van der Waals surface area contributed by atoms with E-state index in [9.17, 15) is 5.11 Å². The number of fused-ring (bicyclic) bond motifs is 4. The first-order valence-electron chi connectivity index (χ1n) is 12.7. The Hall–Kier alpha value is -3.42. The first-order valence-corrected chi connectivity index (χ1v) is 12.7. The summed E-state index contributed by atoms with van der Waals surface area (Å²) in [6.45, 7) is 8.74. The van der Waals surface area contributed by atoms with Crippen LogP contribution >= 0.6 is 0 Å². The molecule has 0 unspecified atom stereocenters. The number of benzene rings is 2. The molecule has 1 saturated heterocycles. The zero-order chi connectivity index (χ0) is 25.0. The maximum Gasteiger partial charge on any atom is 0.197 e. The van der Waals surface area contributed by atoms with Crippen molar-refractivity contribution in [3.63, 3.8) is 0 Å². The molecular formula is C29H33N5O2. The van der Waals surface area contributed by atoms with Crippen LogP contribution in [0.4, 0.5) is 0 Å². The second-order valence-corrected chi connectivity index (χ2v) is 10.8. The number of aryl methyl sites for hydroxylation is 1. The predicted octanol–water partition coefficient (Wildman–Crippen LogP) is 5.30. The molecule has 0 atom stereocenters. The van der Waals surface area contributed by atoms with Crippen LogP contribution in [0.15, 0.2) is 48.9 Å². The van der Waals surface area contributed by atoms with E-state index in [0.29, 0.717) is 17.3 Å². The summed E-state index contributed by atoms with van der Waals surface area (Å²) in [4.78, 5) is 10.3. The van der Waals surface area contributed by atoms with Crippen LogP contribution in [0.5, 0.6) is 5.75 Å². The van der Waals surface area contributed by atoms with Crippen molar-refractivity contribution in [2.24, 2.45) is 0 Å². The third-order valence-electron chi connectivity index (χ3n) is 7.51. The van der Waals surface area contributed by atoms with Crippen molar-refractivity contribution < 1.29 is 9.84 Å². The molecule has 4 heterocycles. The Morgan fingerprint density at radius 2 is 1.86 bits per heavy atom. The lowest BCUT2D eigenvalue weighted by Crippen LogP contribution is -2.42. The van der Waals surface area contributed by atoms with Crippen LogP contribution in [0, 0.1) is 6.92 Å². The minimum absolute atomic E-state index is 0.555. The van der Waals surface area contributed by atoms with Gasteiger partial charge in [0.1, 0.15) is 6.33 Å². The van der Waals surface area contributed by atoms with Gasteiger partial charge in [-0.25, -0.2) is 9.50 Å². The first kappa shape index (κ1) is 23.0. The van der Waals surface area contributed by atoms with Gasteiger partial charge in [-0.05, 0) is 99.6 Å². The molecule has 0 radical (unpaired) electrons. The lowest BCUT2D eigenvalue weighted by molar-refractivity contribution is 0.0282. The fourth-order valence-electron chi connectivity index (χ4n) is 5.80.